The quantitative estimate of drug-likeness (QED) is 0.577. The number of hydrogen-bond acceptors (Lipinski definition) is 4. The highest BCUT2D eigenvalue weighted by molar-refractivity contribution is 5.87. The Balaban J connectivity index is 2.46. The number of furan rings is 1. The lowest BCUT2D eigenvalue weighted by atomic mass is 10.2. The highest BCUT2D eigenvalue weighted by Gasteiger charge is 2.14. The largest absolute Gasteiger partial charge is 0.463 e. The van der Waals surface area contributed by atoms with Crippen LogP contribution in [0.2, 0.25) is 0 Å². The summed E-state index contributed by atoms with van der Waals surface area (Å²) in [6.45, 7) is 3.72. The van der Waals surface area contributed by atoms with Crippen molar-refractivity contribution >= 4 is 5.97 Å². The molecule has 4 nitrogen and oxygen atoms in total. The van der Waals surface area contributed by atoms with E-state index in [1.807, 2.05) is 0 Å². The van der Waals surface area contributed by atoms with Crippen LogP contribution in [-0.4, -0.2) is 19.6 Å². The van der Waals surface area contributed by atoms with Crippen LogP contribution in [0.15, 0.2) is 16.7 Å². The van der Waals surface area contributed by atoms with Crippen LogP contribution in [-0.2, 0) is 11.3 Å². The molecule has 0 saturated carbocycles. The molecule has 0 aliphatic rings. The molecular weight excluding hydrogens is 194 g/mol. The third-order valence-electron chi connectivity index (χ3n) is 2.14. The fourth-order valence-electron chi connectivity index (χ4n) is 1.27. The fraction of sp³-hybridized carbons (Fsp3) is 0.545. The van der Waals surface area contributed by atoms with Crippen molar-refractivity contribution in [2.24, 2.45) is 0 Å². The van der Waals surface area contributed by atoms with Crippen molar-refractivity contribution in [1.82, 2.24) is 5.32 Å². The van der Waals surface area contributed by atoms with E-state index < -0.39 is 5.97 Å². The van der Waals surface area contributed by atoms with Gasteiger partial charge in [-0.3, -0.25) is 0 Å². The van der Waals surface area contributed by atoms with Gasteiger partial charge in [-0.2, -0.15) is 0 Å². The summed E-state index contributed by atoms with van der Waals surface area (Å²) in [7, 11) is 1.35. The molecule has 0 fully saturated rings. The Bertz CT molecular complexity index is 307. The molecule has 15 heavy (non-hydrogen) atoms. The average molecular weight is 211 g/mol. The Labute approximate surface area is 89.6 Å². The van der Waals surface area contributed by atoms with E-state index in [9.17, 15) is 4.79 Å². The molecular formula is C11H17NO3. The first kappa shape index (κ1) is 11.8. The van der Waals surface area contributed by atoms with E-state index >= 15 is 0 Å². The molecule has 0 atom stereocenters. The van der Waals surface area contributed by atoms with Gasteiger partial charge in [0, 0.05) is 12.1 Å². The predicted molar refractivity (Wildman–Crippen MR) is 56.7 cm³/mol. The maximum Gasteiger partial charge on any atom is 0.374 e. The number of nitrogens with one attached hydrogen (secondary N) is 1. The lowest BCUT2D eigenvalue weighted by Gasteiger charge is -2.03. The second-order valence-electron chi connectivity index (χ2n) is 3.30. The summed E-state index contributed by atoms with van der Waals surface area (Å²) in [4.78, 5) is 11.2. The summed E-state index contributed by atoms with van der Waals surface area (Å²) in [6.07, 6.45) is 3.79. The Morgan fingerprint density at radius 1 is 1.60 bits per heavy atom. The first-order valence-electron chi connectivity index (χ1n) is 5.15. The molecule has 4 heteroatoms. The second-order valence-corrected chi connectivity index (χ2v) is 3.30. The van der Waals surface area contributed by atoms with Crippen LogP contribution in [0, 0.1) is 0 Å². The van der Waals surface area contributed by atoms with Crippen LogP contribution in [0.4, 0.5) is 0 Å². The SMILES string of the molecule is CCCCNCc1ccoc1C(=O)OC. The normalized spacial score (nSPS) is 10.3. The van der Waals surface area contributed by atoms with E-state index in [1.54, 1.807) is 6.07 Å². The van der Waals surface area contributed by atoms with Gasteiger partial charge in [0.15, 0.2) is 0 Å². The summed E-state index contributed by atoms with van der Waals surface area (Å²) in [5, 5.41) is 3.24. The van der Waals surface area contributed by atoms with Gasteiger partial charge in [-0.25, -0.2) is 4.79 Å². The number of unbranched alkanes of at least 4 members (excludes halogenated alkanes) is 1. The van der Waals surface area contributed by atoms with Crippen molar-refractivity contribution in [3.8, 4) is 0 Å². The van der Waals surface area contributed by atoms with E-state index in [-0.39, 0.29) is 0 Å². The van der Waals surface area contributed by atoms with Gasteiger partial charge in [-0.15, -0.1) is 0 Å². The number of methoxy groups -OCH3 is 1. The molecule has 0 radical (unpaired) electrons. The fourth-order valence-corrected chi connectivity index (χ4v) is 1.27. The maximum atomic E-state index is 11.2. The topological polar surface area (TPSA) is 51.5 Å². The molecule has 0 spiro atoms. The van der Waals surface area contributed by atoms with Crippen LogP contribution >= 0.6 is 0 Å². The van der Waals surface area contributed by atoms with Crippen molar-refractivity contribution in [1.29, 1.82) is 0 Å². The van der Waals surface area contributed by atoms with Crippen LogP contribution in [0.5, 0.6) is 0 Å². The highest BCUT2D eigenvalue weighted by atomic mass is 16.5. The number of hydrogen-bond donors (Lipinski definition) is 1. The van der Waals surface area contributed by atoms with E-state index in [0.717, 1.165) is 24.9 Å². The first-order valence-corrected chi connectivity index (χ1v) is 5.15. The van der Waals surface area contributed by atoms with Gasteiger partial charge in [0.05, 0.1) is 13.4 Å². The Kier molecular flexibility index (Phi) is 4.90. The molecule has 0 amide bonds. The number of carbonyl (C=O) groups excluding carboxylic acids is 1. The lowest BCUT2D eigenvalue weighted by Crippen LogP contribution is -2.16. The summed E-state index contributed by atoms with van der Waals surface area (Å²) >= 11 is 0. The van der Waals surface area contributed by atoms with Crippen LogP contribution < -0.4 is 5.32 Å². The minimum atomic E-state index is -0.424. The number of carbonyl (C=O) groups is 1. The summed E-state index contributed by atoms with van der Waals surface area (Å²) < 4.78 is 9.66. The number of esters is 1. The van der Waals surface area contributed by atoms with E-state index in [1.165, 1.54) is 13.4 Å². The van der Waals surface area contributed by atoms with Gasteiger partial charge in [0.25, 0.3) is 0 Å². The molecule has 1 aromatic rings. The first-order chi connectivity index (χ1) is 7.29. The third-order valence-corrected chi connectivity index (χ3v) is 2.14. The zero-order chi connectivity index (χ0) is 11.1. The van der Waals surface area contributed by atoms with Gasteiger partial charge in [0.1, 0.15) is 0 Å². The highest BCUT2D eigenvalue weighted by Crippen LogP contribution is 2.11. The van der Waals surface area contributed by atoms with Gasteiger partial charge >= 0.3 is 5.97 Å². The molecule has 0 aliphatic carbocycles. The monoisotopic (exact) mass is 211 g/mol. The molecule has 0 unspecified atom stereocenters. The molecule has 1 heterocycles. The van der Waals surface area contributed by atoms with Crippen molar-refractivity contribution in [2.75, 3.05) is 13.7 Å². The van der Waals surface area contributed by atoms with Gasteiger partial charge < -0.3 is 14.5 Å². The van der Waals surface area contributed by atoms with E-state index in [2.05, 4.69) is 17.0 Å². The van der Waals surface area contributed by atoms with Crippen molar-refractivity contribution < 1.29 is 13.9 Å². The second kappa shape index (κ2) is 6.24. The van der Waals surface area contributed by atoms with Crippen LogP contribution in [0.1, 0.15) is 35.9 Å². The Morgan fingerprint density at radius 3 is 3.07 bits per heavy atom. The summed E-state index contributed by atoms with van der Waals surface area (Å²) in [6, 6.07) is 1.78. The van der Waals surface area contributed by atoms with E-state index in [0.29, 0.717) is 12.3 Å². The minimum absolute atomic E-state index is 0.293. The minimum Gasteiger partial charge on any atom is -0.463 e. The molecule has 84 valence electrons. The molecule has 0 aliphatic heterocycles. The number of ether oxygens (including phenoxy) is 1. The van der Waals surface area contributed by atoms with Crippen molar-refractivity contribution in [3.05, 3.63) is 23.7 Å². The summed E-state index contributed by atoms with van der Waals surface area (Å²) in [5.41, 5.74) is 0.845. The van der Waals surface area contributed by atoms with Crippen LogP contribution in [0.25, 0.3) is 0 Å². The van der Waals surface area contributed by atoms with Crippen molar-refractivity contribution in [3.63, 3.8) is 0 Å². The van der Waals surface area contributed by atoms with Gasteiger partial charge in [-0.1, -0.05) is 13.3 Å². The van der Waals surface area contributed by atoms with Gasteiger partial charge in [0.2, 0.25) is 5.76 Å². The zero-order valence-corrected chi connectivity index (χ0v) is 9.21. The molecule has 1 rings (SSSR count). The molecule has 1 aromatic heterocycles. The van der Waals surface area contributed by atoms with E-state index in [4.69, 9.17) is 4.42 Å². The summed E-state index contributed by atoms with van der Waals surface area (Å²) in [5.74, 6) is -0.131. The van der Waals surface area contributed by atoms with Crippen LogP contribution in [0.3, 0.4) is 0 Å². The smallest absolute Gasteiger partial charge is 0.374 e. The lowest BCUT2D eigenvalue weighted by molar-refractivity contribution is 0.0563. The Hall–Kier alpha value is -1.29. The predicted octanol–water partition coefficient (Wildman–Crippen LogP) is 1.96. The number of rotatable bonds is 6. The average Bonchev–Trinajstić information content (AvgIpc) is 2.71. The molecule has 1 N–H and O–H groups in total. The molecule has 0 aromatic carbocycles. The Morgan fingerprint density at radius 2 is 2.40 bits per heavy atom. The third kappa shape index (κ3) is 3.40. The van der Waals surface area contributed by atoms with Crippen molar-refractivity contribution in [2.45, 2.75) is 26.3 Å². The zero-order valence-electron chi connectivity index (χ0n) is 9.21. The van der Waals surface area contributed by atoms with Gasteiger partial charge in [-0.05, 0) is 19.0 Å². The molecule has 0 saturated heterocycles. The molecule has 0 bridgehead atoms. The maximum absolute atomic E-state index is 11.2. The standard InChI is InChI=1S/C11H17NO3/c1-3-4-6-12-8-9-5-7-15-10(9)11(13)14-2/h5,7,12H,3-4,6,8H2,1-2H3.